The third-order valence-corrected chi connectivity index (χ3v) is 6.90. The van der Waals surface area contributed by atoms with Gasteiger partial charge in [0, 0.05) is 24.4 Å². The number of thiazole rings is 2. The van der Waals surface area contributed by atoms with Gasteiger partial charge in [0.2, 0.25) is 5.91 Å². The molecule has 0 atom stereocenters. The average Bonchev–Trinajstić information content (AvgIpc) is 3.46. The Balaban J connectivity index is 1.19. The molecule has 3 aromatic heterocycles. The van der Waals surface area contributed by atoms with Gasteiger partial charge in [-0.15, -0.1) is 11.3 Å². The van der Waals surface area contributed by atoms with Crippen LogP contribution >= 0.6 is 22.7 Å². The van der Waals surface area contributed by atoms with E-state index in [9.17, 15) is 9.59 Å². The lowest BCUT2D eigenvalue weighted by molar-refractivity contribution is -0.117. The maximum Gasteiger partial charge on any atom is 0.260 e. The Kier molecular flexibility index (Phi) is 5.26. The summed E-state index contributed by atoms with van der Waals surface area (Å²) in [5, 5.41) is 6.91. The Morgan fingerprint density at radius 1 is 1.16 bits per heavy atom. The molecule has 0 radical (unpaired) electrons. The maximum atomic E-state index is 12.6. The zero-order chi connectivity index (χ0) is 21.4. The van der Waals surface area contributed by atoms with E-state index in [-0.39, 0.29) is 18.4 Å². The largest absolute Gasteiger partial charge is 0.472 e. The SMILES string of the molecule is Cc1ccc2nc(NC(=O)CN3CCc4nc(NC(=O)c5ccoc5)sc4C3)sc2c1. The first kappa shape index (κ1) is 19.9. The summed E-state index contributed by atoms with van der Waals surface area (Å²) >= 11 is 2.92. The fourth-order valence-electron chi connectivity index (χ4n) is 3.45. The molecule has 8 nitrogen and oxygen atoms in total. The minimum absolute atomic E-state index is 0.0859. The predicted octanol–water partition coefficient (Wildman–Crippen LogP) is 3.90. The van der Waals surface area contributed by atoms with Crippen LogP contribution in [0.25, 0.3) is 10.2 Å². The highest BCUT2D eigenvalue weighted by atomic mass is 32.1. The van der Waals surface area contributed by atoms with E-state index in [1.807, 2.05) is 19.1 Å². The number of aryl methyl sites for hydroxylation is 1. The summed E-state index contributed by atoms with van der Waals surface area (Å²) in [6.45, 7) is 3.68. The molecule has 1 aromatic carbocycles. The van der Waals surface area contributed by atoms with Crippen LogP contribution in [-0.4, -0.2) is 39.8 Å². The minimum Gasteiger partial charge on any atom is -0.472 e. The van der Waals surface area contributed by atoms with Crippen LogP contribution in [0.15, 0.2) is 41.2 Å². The number of carbonyl (C=O) groups is 2. The number of aromatic nitrogens is 2. The summed E-state index contributed by atoms with van der Waals surface area (Å²) in [6, 6.07) is 7.66. The third kappa shape index (κ3) is 4.36. The van der Waals surface area contributed by atoms with Crippen LogP contribution in [0.4, 0.5) is 10.3 Å². The van der Waals surface area contributed by atoms with E-state index in [1.54, 1.807) is 6.07 Å². The van der Waals surface area contributed by atoms with Crippen LogP contribution in [0.1, 0.15) is 26.5 Å². The number of furan rings is 1. The summed E-state index contributed by atoms with van der Waals surface area (Å²) in [5.74, 6) is -0.334. The highest BCUT2D eigenvalue weighted by molar-refractivity contribution is 7.22. The number of anilines is 2. The van der Waals surface area contributed by atoms with Gasteiger partial charge in [0.05, 0.1) is 34.3 Å². The number of amides is 2. The summed E-state index contributed by atoms with van der Waals surface area (Å²) in [5.41, 5.74) is 3.49. The molecule has 2 amide bonds. The van der Waals surface area contributed by atoms with Crippen LogP contribution in [0.5, 0.6) is 0 Å². The second-order valence-corrected chi connectivity index (χ2v) is 9.47. The number of rotatable bonds is 5. The minimum atomic E-state index is -0.248. The number of benzene rings is 1. The van der Waals surface area contributed by atoms with Crippen LogP contribution in [0, 0.1) is 6.92 Å². The summed E-state index contributed by atoms with van der Waals surface area (Å²) in [7, 11) is 0. The Hall–Kier alpha value is -3.08. The molecule has 4 heterocycles. The standard InChI is InChI=1S/C21H19N5O3S2/c1-12-2-3-14-16(8-12)30-20(22-14)24-18(27)10-26-6-4-15-17(9-26)31-21(23-15)25-19(28)13-5-7-29-11-13/h2-3,5,7-8,11H,4,6,9-10H2,1H3,(H,22,24,27)(H,23,25,28). The molecule has 4 aromatic rings. The molecule has 0 aliphatic carbocycles. The Labute approximate surface area is 185 Å². The molecular weight excluding hydrogens is 434 g/mol. The van der Waals surface area contributed by atoms with Crippen molar-refractivity contribution in [3.63, 3.8) is 0 Å². The fourth-order valence-corrected chi connectivity index (χ4v) is 5.47. The first-order chi connectivity index (χ1) is 15.0. The van der Waals surface area contributed by atoms with Crippen molar-refractivity contribution in [1.82, 2.24) is 14.9 Å². The molecule has 0 unspecified atom stereocenters. The second-order valence-electron chi connectivity index (χ2n) is 7.35. The van der Waals surface area contributed by atoms with Crippen molar-refractivity contribution >= 4 is 55.0 Å². The molecule has 1 aliphatic rings. The number of fused-ring (bicyclic) bond motifs is 2. The van der Waals surface area contributed by atoms with E-state index in [0.29, 0.717) is 22.4 Å². The molecule has 158 valence electrons. The lowest BCUT2D eigenvalue weighted by Gasteiger charge is -2.24. The Morgan fingerprint density at radius 3 is 2.87 bits per heavy atom. The summed E-state index contributed by atoms with van der Waals surface area (Å²) < 4.78 is 6.01. The van der Waals surface area contributed by atoms with E-state index < -0.39 is 0 Å². The van der Waals surface area contributed by atoms with E-state index in [0.717, 1.165) is 33.8 Å². The highest BCUT2D eigenvalue weighted by Crippen LogP contribution is 2.29. The Bertz CT molecular complexity index is 1260. The third-order valence-electron chi connectivity index (χ3n) is 4.97. The first-order valence-corrected chi connectivity index (χ1v) is 11.4. The number of nitrogens with one attached hydrogen (secondary N) is 2. The van der Waals surface area contributed by atoms with Crippen molar-refractivity contribution in [2.24, 2.45) is 0 Å². The molecule has 0 fully saturated rings. The molecule has 0 bridgehead atoms. The quantitative estimate of drug-likeness (QED) is 0.475. The maximum absolute atomic E-state index is 12.6. The van der Waals surface area contributed by atoms with Crippen molar-refractivity contribution in [1.29, 1.82) is 0 Å². The lowest BCUT2D eigenvalue weighted by atomic mass is 10.2. The molecule has 10 heteroatoms. The van der Waals surface area contributed by atoms with Gasteiger partial charge in [-0.05, 0) is 30.7 Å². The molecule has 0 saturated carbocycles. The number of hydrogen-bond donors (Lipinski definition) is 2. The van der Waals surface area contributed by atoms with Gasteiger partial charge in [0.15, 0.2) is 10.3 Å². The van der Waals surface area contributed by atoms with Crippen molar-refractivity contribution in [2.45, 2.75) is 19.9 Å². The average molecular weight is 454 g/mol. The fraction of sp³-hybridized carbons (Fsp3) is 0.238. The molecular formula is C21H19N5O3S2. The van der Waals surface area contributed by atoms with Gasteiger partial charge < -0.3 is 9.73 Å². The highest BCUT2D eigenvalue weighted by Gasteiger charge is 2.23. The molecule has 1 aliphatic heterocycles. The molecule has 0 spiro atoms. The van der Waals surface area contributed by atoms with Gasteiger partial charge >= 0.3 is 0 Å². The predicted molar refractivity (Wildman–Crippen MR) is 121 cm³/mol. The van der Waals surface area contributed by atoms with Gasteiger partial charge in [0.25, 0.3) is 5.91 Å². The smallest absolute Gasteiger partial charge is 0.260 e. The topological polar surface area (TPSA) is 100 Å². The van der Waals surface area contributed by atoms with E-state index >= 15 is 0 Å². The van der Waals surface area contributed by atoms with Gasteiger partial charge in [-0.3, -0.25) is 19.8 Å². The zero-order valence-electron chi connectivity index (χ0n) is 16.7. The van der Waals surface area contributed by atoms with Crippen LogP contribution in [-0.2, 0) is 17.8 Å². The van der Waals surface area contributed by atoms with E-state index in [2.05, 4.69) is 31.6 Å². The molecule has 0 saturated heterocycles. The van der Waals surface area contributed by atoms with Gasteiger partial charge in [-0.2, -0.15) is 0 Å². The summed E-state index contributed by atoms with van der Waals surface area (Å²) in [4.78, 5) is 36.9. The van der Waals surface area contributed by atoms with E-state index in [1.165, 1.54) is 40.8 Å². The number of carbonyl (C=O) groups excluding carboxylic acids is 2. The second kappa shape index (κ2) is 8.22. The van der Waals surface area contributed by atoms with Crippen molar-refractivity contribution in [2.75, 3.05) is 23.7 Å². The van der Waals surface area contributed by atoms with Crippen molar-refractivity contribution in [3.05, 3.63) is 58.5 Å². The first-order valence-electron chi connectivity index (χ1n) is 9.75. The van der Waals surface area contributed by atoms with Gasteiger partial charge in [0.1, 0.15) is 6.26 Å². The molecule has 5 rings (SSSR count). The van der Waals surface area contributed by atoms with Gasteiger partial charge in [-0.1, -0.05) is 17.4 Å². The Morgan fingerprint density at radius 2 is 2.03 bits per heavy atom. The number of nitrogens with zero attached hydrogens (tertiary/aromatic N) is 3. The van der Waals surface area contributed by atoms with Crippen LogP contribution in [0.3, 0.4) is 0 Å². The normalized spacial score (nSPS) is 13.8. The number of hydrogen-bond acceptors (Lipinski definition) is 8. The monoisotopic (exact) mass is 453 g/mol. The lowest BCUT2D eigenvalue weighted by Crippen LogP contribution is -2.36. The van der Waals surface area contributed by atoms with Crippen molar-refractivity contribution < 1.29 is 14.0 Å². The molecule has 2 N–H and O–H groups in total. The molecule has 31 heavy (non-hydrogen) atoms. The van der Waals surface area contributed by atoms with Crippen LogP contribution < -0.4 is 10.6 Å². The van der Waals surface area contributed by atoms with E-state index in [4.69, 9.17) is 4.42 Å². The van der Waals surface area contributed by atoms with Crippen molar-refractivity contribution in [3.8, 4) is 0 Å². The van der Waals surface area contributed by atoms with Crippen LogP contribution in [0.2, 0.25) is 0 Å². The van der Waals surface area contributed by atoms with Gasteiger partial charge in [-0.25, -0.2) is 9.97 Å². The summed E-state index contributed by atoms with van der Waals surface area (Å²) in [6.07, 6.45) is 3.59. The zero-order valence-corrected chi connectivity index (χ0v) is 18.3.